The van der Waals surface area contributed by atoms with E-state index in [1.54, 1.807) is 30.5 Å². The number of aryl methyl sites for hydroxylation is 1. The van der Waals surface area contributed by atoms with Crippen LogP contribution < -0.4 is 15.4 Å². The van der Waals surface area contributed by atoms with Crippen LogP contribution in [0, 0.1) is 13.8 Å². The Bertz CT molecular complexity index is 1560. The van der Waals surface area contributed by atoms with Gasteiger partial charge in [-0.3, -0.25) is 19.9 Å². The summed E-state index contributed by atoms with van der Waals surface area (Å²) in [7, 11) is 0. The number of rotatable bonds is 8. The number of pyridine rings is 1. The van der Waals surface area contributed by atoms with Gasteiger partial charge in [-0.05, 0) is 69.5 Å². The van der Waals surface area contributed by atoms with E-state index >= 15 is 0 Å². The Morgan fingerprint density at radius 3 is 2.16 bits per heavy atom. The van der Waals surface area contributed by atoms with Crippen molar-refractivity contribution >= 4 is 29.2 Å². The molecule has 1 aromatic heterocycles. The third-order valence-electron chi connectivity index (χ3n) is 6.00. The summed E-state index contributed by atoms with van der Waals surface area (Å²) in [4.78, 5) is 42.5. The molecule has 2 amide bonds. The molecule has 0 bridgehead atoms. The van der Waals surface area contributed by atoms with Gasteiger partial charge in [-0.25, -0.2) is 4.79 Å². The van der Waals surface area contributed by atoms with Crippen LogP contribution in [-0.2, 0) is 15.7 Å². The molecule has 236 valence electrons. The van der Waals surface area contributed by atoms with Crippen LogP contribution in [0.3, 0.4) is 0 Å². The number of carbonyl (C=O) groups excluding carboxylic acids is 3. The molecule has 3 rings (SSSR count). The summed E-state index contributed by atoms with van der Waals surface area (Å²) in [6, 6.07) is 8.93. The quantitative estimate of drug-likeness (QED) is 0.150. The number of benzene rings is 2. The number of amides is 2. The standard InChI is InChI=1S/C30H29F6N3O5/c1-16-17(2)37-10-9-20(16)18-7-6-8-19(11-18)24(40)14-26(41)38-22-12-21(30(34,35)36)25(43-15-29(31,32)33)13-23(22)39-27(42)44-28(3,4)5/h6-13H,14-15H2,1-5H3,(H,38,41)(H,39,42). The maximum atomic E-state index is 13.8. The van der Waals surface area contributed by atoms with Crippen molar-refractivity contribution in [2.45, 2.75) is 59.0 Å². The lowest BCUT2D eigenvalue weighted by Crippen LogP contribution is -2.28. The van der Waals surface area contributed by atoms with Gasteiger partial charge < -0.3 is 14.8 Å². The fourth-order valence-electron chi connectivity index (χ4n) is 3.96. The highest BCUT2D eigenvalue weighted by molar-refractivity contribution is 6.12. The van der Waals surface area contributed by atoms with Crippen molar-refractivity contribution in [3.05, 3.63) is 71.0 Å². The highest BCUT2D eigenvalue weighted by Gasteiger charge is 2.38. The van der Waals surface area contributed by atoms with Crippen molar-refractivity contribution in [2.75, 3.05) is 17.2 Å². The molecule has 3 aromatic rings. The van der Waals surface area contributed by atoms with Crippen molar-refractivity contribution in [3.63, 3.8) is 0 Å². The lowest BCUT2D eigenvalue weighted by atomic mass is 9.97. The maximum absolute atomic E-state index is 13.8. The molecule has 8 nitrogen and oxygen atoms in total. The number of ether oxygens (including phenoxy) is 2. The monoisotopic (exact) mass is 625 g/mol. The Labute approximate surface area is 248 Å². The second kappa shape index (κ2) is 12.9. The number of Topliss-reactive ketones (excluding diaryl/α,β-unsaturated/α-hetero) is 1. The Kier molecular flexibility index (Phi) is 9.96. The third kappa shape index (κ3) is 9.44. The molecule has 0 unspecified atom stereocenters. The topological polar surface area (TPSA) is 107 Å². The molecule has 2 aromatic carbocycles. The first-order chi connectivity index (χ1) is 20.2. The van der Waals surface area contributed by atoms with Crippen LogP contribution in [0.1, 0.15) is 54.4 Å². The van der Waals surface area contributed by atoms with Gasteiger partial charge in [-0.2, -0.15) is 26.3 Å². The summed E-state index contributed by atoms with van der Waals surface area (Å²) in [6.07, 6.45) is -10.6. The third-order valence-corrected chi connectivity index (χ3v) is 6.00. The van der Waals surface area contributed by atoms with Crippen molar-refractivity contribution < 1.29 is 50.2 Å². The van der Waals surface area contributed by atoms with Crippen LogP contribution in [0.25, 0.3) is 11.1 Å². The van der Waals surface area contributed by atoms with Crippen LogP contribution in [-0.4, -0.2) is 41.2 Å². The van der Waals surface area contributed by atoms with Crippen LogP contribution in [0.4, 0.5) is 42.5 Å². The lowest BCUT2D eigenvalue weighted by molar-refractivity contribution is -0.158. The number of carbonyl (C=O) groups is 3. The summed E-state index contributed by atoms with van der Waals surface area (Å²) in [5.41, 5.74) is -0.643. The summed E-state index contributed by atoms with van der Waals surface area (Å²) < 4.78 is 89.2. The Morgan fingerprint density at radius 2 is 1.55 bits per heavy atom. The lowest BCUT2D eigenvalue weighted by Gasteiger charge is -2.22. The predicted molar refractivity (Wildman–Crippen MR) is 150 cm³/mol. The Balaban J connectivity index is 1.93. The zero-order valence-corrected chi connectivity index (χ0v) is 24.3. The van der Waals surface area contributed by atoms with Crippen LogP contribution >= 0.6 is 0 Å². The second-order valence-corrected chi connectivity index (χ2v) is 10.7. The number of ketones is 1. The van der Waals surface area contributed by atoms with E-state index < -0.39 is 71.5 Å². The van der Waals surface area contributed by atoms with E-state index in [0.717, 1.165) is 16.8 Å². The Morgan fingerprint density at radius 1 is 0.886 bits per heavy atom. The fourth-order valence-corrected chi connectivity index (χ4v) is 3.96. The molecule has 44 heavy (non-hydrogen) atoms. The van der Waals surface area contributed by atoms with E-state index in [9.17, 15) is 40.7 Å². The number of alkyl halides is 6. The minimum Gasteiger partial charge on any atom is -0.483 e. The molecular formula is C30H29F6N3O5. The highest BCUT2D eigenvalue weighted by Crippen LogP contribution is 2.42. The van der Waals surface area contributed by atoms with Crippen LogP contribution in [0.5, 0.6) is 5.75 Å². The molecule has 1 heterocycles. The number of halogens is 6. The SMILES string of the molecule is Cc1nccc(-c2cccc(C(=O)CC(=O)Nc3cc(C(F)(F)F)c(OCC(F)(F)F)cc3NC(=O)OC(C)(C)C)c2)c1C. The second-order valence-electron chi connectivity index (χ2n) is 10.7. The van der Waals surface area contributed by atoms with Gasteiger partial charge >= 0.3 is 18.4 Å². The number of hydrogen-bond donors (Lipinski definition) is 2. The average molecular weight is 626 g/mol. The zero-order chi connectivity index (χ0) is 33.0. The van der Waals surface area contributed by atoms with Crippen molar-refractivity contribution in [1.29, 1.82) is 0 Å². The summed E-state index contributed by atoms with van der Waals surface area (Å²) in [5, 5.41) is 4.25. The van der Waals surface area contributed by atoms with E-state index in [2.05, 4.69) is 20.4 Å². The molecule has 0 atom stereocenters. The van der Waals surface area contributed by atoms with Gasteiger partial charge in [0.2, 0.25) is 5.91 Å². The Hall–Kier alpha value is -4.62. The number of nitrogens with one attached hydrogen (secondary N) is 2. The molecule has 14 heteroatoms. The van der Waals surface area contributed by atoms with Gasteiger partial charge in [0.1, 0.15) is 11.4 Å². The fraction of sp³-hybridized carbons (Fsp3) is 0.333. The van der Waals surface area contributed by atoms with Crippen molar-refractivity contribution in [3.8, 4) is 16.9 Å². The van der Waals surface area contributed by atoms with Crippen LogP contribution in [0.15, 0.2) is 48.7 Å². The minimum atomic E-state index is -5.22. The number of hydrogen-bond acceptors (Lipinski definition) is 6. The molecule has 2 N–H and O–H groups in total. The van der Waals surface area contributed by atoms with Gasteiger partial charge in [-0.15, -0.1) is 0 Å². The van der Waals surface area contributed by atoms with E-state index in [4.69, 9.17) is 4.74 Å². The smallest absolute Gasteiger partial charge is 0.422 e. The van der Waals surface area contributed by atoms with Gasteiger partial charge in [0, 0.05) is 23.5 Å². The first kappa shape index (κ1) is 33.9. The number of nitrogens with zero attached hydrogens (tertiary/aromatic N) is 1. The van der Waals surface area contributed by atoms with Gasteiger partial charge in [0.15, 0.2) is 12.4 Å². The van der Waals surface area contributed by atoms with Gasteiger partial charge in [0.25, 0.3) is 0 Å². The minimum absolute atomic E-state index is 0.144. The first-order valence-electron chi connectivity index (χ1n) is 13.0. The van der Waals surface area contributed by atoms with Crippen molar-refractivity contribution in [1.82, 2.24) is 4.98 Å². The normalized spacial score (nSPS) is 12.0. The summed E-state index contributed by atoms with van der Waals surface area (Å²) in [5.74, 6) is -2.98. The first-order valence-corrected chi connectivity index (χ1v) is 13.0. The van der Waals surface area contributed by atoms with E-state index in [1.807, 2.05) is 13.8 Å². The molecule has 0 aliphatic rings. The summed E-state index contributed by atoms with van der Waals surface area (Å²) in [6.45, 7) is 6.12. The van der Waals surface area contributed by atoms with Crippen LogP contribution in [0.2, 0.25) is 0 Å². The molecule has 0 spiro atoms. The number of aromatic nitrogens is 1. The molecule has 0 fully saturated rings. The molecule has 0 saturated carbocycles. The molecule has 0 radical (unpaired) electrons. The largest absolute Gasteiger partial charge is 0.483 e. The highest BCUT2D eigenvalue weighted by atomic mass is 19.4. The molecule has 0 aliphatic carbocycles. The zero-order valence-electron chi connectivity index (χ0n) is 24.3. The van der Waals surface area contributed by atoms with Gasteiger partial charge in [0.05, 0.1) is 23.4 Å². The molecule has 0 aliphatic heterocycles. The van der Waals surface area contributed by atoms with Gasteiger partial charge in [-0.1, -0.05) is 18.2 Å². The van der Waals surface area contributed by atoms with E-state index in [1.165, 1.54) is 26.8 Å². The average Bonchev–Trinajstić information content (AvgIpc) is 2.88. The summed E-state index contributed by atoms with van der Waals surface area (Å²) >= 11 is 0. The van der Waals surface area contributed by atoms with E-state index in [-0.39, 0.29) is 5.56 Å². The number of anilines is 2. The maximum Gasteiger partial charge on any atom is 0.422 e. The van der Waals surface area contributed by atoms with Crippen molar-refractivity contribution in [2.24, 2.45) is 0 Å². The van der Waals surface area contributed by atoms with E-state index in [0.29, 0.717) is 17.7 Å². The predicted octanol–water partition coefficient (Wildman–Crippen LogP) is 7.88. The molecular weight excluding hydrogens is 596 g/mol. The molecule has 0 saturated heterocycles.